The molecule has 2 aliphatic heterocycles. The van der Waals surface area contributed by atoms with E-state index in [1.165, 1.54) is 0 Å². The summed E-state index contributed by atoms with van der Waals surface area (Å²) in [5.74, 6) is -0.439. The molecule has 5 heteroatoms. The minimum Gasteiger partial charge on any atom is -0.391 e. The van der Waals surface area contributed by atoms with Crippen LogP contribution in [-0.4, -0.2) is 66.5 Å². The van der Waals surface area contributed by atoms with Crippen LogP contribution in [0.2, 0.25) is 0 Å². The van der Waals surface area contributed by atoms with Crippen LogP contribution in [0.3, 0.4) is 0 Å². The third-order valence-corrected chi connectivity index (χ3v) is 4.68. The molecule has 4 unspecified atom stereocenters. The van der Waals surface area contributed by atoms with E-state index in [1.807, 2.05) is 0 Å². The van der Waals surface area contributed by atoms with Gasteiger partial charge < -0.3 is 19.3 Å². The minimum atomic E-state index is -0.439. The van der Waals surface area contributed by atoms with Crippen LogP contribution in [0.1, 0.15) is 33.1 Å². The topological polar surface area (TPSA) is 51.2 Å². The minimum absolute atomic E-state index is 0.119. The summed E-state index contributed by atoms with van der Waals surface area (Å²) in [6.07, 6.45) is 2.27. The quantitative estimate of drug-likeness (QED) is 0.763. The smallest absolute Gasteiger partial charge is 0.170 e. The lowest BCUT2D eigenvalue weighted by Gasteiger charge is -2.48. The highest BCUT2D eigenvalue weighted by molar-refractivity contribution is 4.95. The van der Waals surface area contributed by atoms with E-state index in [4.69, 9.17) is 14.2 Å². The van der Waals surface area contributed by atoms with Crippen molar-refractivity contribution in [3.8, 4) is 0 Å². The maximum Gasteiger partial charge on any atom is 0.170 e. The summed E-state index contributed by atoms with van der Waals surface area (Å²) in [4.78, 5) is 2.38. The Bertz CT molecular complexity index is 319. The highest BCUT2D eigenvalue weighted by Crippen LogP contribution is 2.38. The number of hydrogen-bond acceptors (Lipinski definition) is 5. The Morgan fingerprint density at radius 1 is 1.21 bits per heavy atom. The zero-order chi connectivity index (χ0) is 13.5. The molecule has 0 aromatic carbocycles. The van der Waals surface area contributed by atoms with E-state index in [2.05, 4.69) is 18.7 Å². The molecule has 4 atom stereocenters. The predicted octanol–water partition coefficient (Wildman–Crippen LogP) is 0.752. The number of hydrogen-bond donors (Lipinski definition) is 1. The van der Waals surface area contributed by atoms with Gasteiger partial charge in [-0.2, -0.15) is 0 Å². The fourth-order valence-corrected chi connectivity index (χ4v) is 3.61. The summed E-state index contributed by atoms with van der Waals surface area (Å²) in [6, 6.07) is 0.459. The van der Waals surface area contributed by atoms with Gasteiger partial charge in [-0.05, 0) is 20.3 Å². The summed E-state index contributed by atoms with van der Waals surface area (Å²) < 4.78 is 17.3. The Balaban J connectivity index is 1.73. The second kappa shape index (κ2) is 5.30. The Kier molecular flexibility index (Phi) is 3.84. The van der Waals surface area contributed by atoms with Gasteiger partial charge in [-0.3, -0.25) is 4.90 Å². The highest BCUT2D eigenvalue weighted by atomic mass is 16.7. The summed E-state index contributed by atoms with van der Waals surface area (Å²) in [5, 5.41) is 10.4. The predicted molar refractivity (Wildman–Crippen MR) is 69.9 cm³/mol. The summed E-state index contributed by atoms with van der Waals surface area (Å²) >= 11 is 0. The van der Waals surface area contributed by atoms with Gasteiger partial charge in [0.25, 0.3) is 0 Å². The molecule has 0 radical (unpaired) electrons. The number of aliphatic hydroxyl groups excluding tert-OH is 1. The molecule has 3 fully saturated rings. The van der Waals surface area contributed by atoms with Gasteiger partial charge in [-0.15, -0.1) is 0 Å². The van der Waals surface area contributed by atoms with Gasteiger partial charge in [-0.1, -0.05) is 0 Å². The Morgan fingerprint density at radius 3 is 2.68 bits per heavy atom. The highest BCUT2D eigenvalue weighted by Gasteiger charge is 2.47. The maximum atomic E-state index is 10.4. The summed E-state index contributed by atoms with van der Waals surface area (Å²) in [6.45, 7) is 7.22. The molecule has 5 nitrogen and oxygen atoms in total. The van der Waals surface area contributed by atoms with Crippen molar-refractivity contribution in [1.82, 2.24) is 4.90 Å². The monoisotopic (exact) mass is 271 g/mol. The van der Waals surface area contributed by atoms with Crippen molar-refractivity contribution in [2.75, 3.05) is 26.4 Å². The molecule has 0 aromatic heterocycles. The van der Waals surface area contributed by atoms with Crippen molar-refractivity contribution in [2.24, 2.45) is 0 Å². The van der Waals surface area contributed by atoms with E-state index < -0.39 is 5.79 Å². The third-order valence-electron chi connectivity index (χ3n) is 4.68. The first-order valence-electron chi connectivity index (χ1n) is 7.43. The average molecular weight is 271 g/mol. The molecule has 2 saturated heterocycles. The third kappa shape index (κ3) is 2.67. The first-order valence-corrected chi connectivity index (χ1v) is 7.43. The lowest BCUT2D eigenvalue weighted by molar-refractivity contribution is -0.214. The molecular weight excluding hydrogens is 246 g/mol. The van der Waals surface area contributed by atoms with Crippen LogP contribution in [0.4, 0.5) is 0 Å². The van der Waals surface area contributed by atoms with E-state index >= 15 is 0 Å². The van der Waals surface area contributed by atoms with Crippen LogP contribution in [0.5, 0.6) is 0 Å². The molecule has 3 rings (SSSR count). The Labute approximate surface area is 114 Å². The molecule has 110 valence electrons. The second-order valence-electron chi connectivity index (χ2n) is 6.17. The molecule has 0 aromatic rings. The molecular formula is C14H25NO4. The van der Waals surface area contributed by atoms with Gasteiger partial charge in [0.2, 0.25) is 0 Å². The summed E-state index contributed by atoms with van der Waals surface area (Å²) in [7, 11) is 0. The van der Waals surface area contributed by atoms with Crippen molar-refractivity contribution in [2.45, 2.75) is 63.2 Å². The fraction of sp³-hybridized carbons (Fsp3) is 1.00. The normalized spacial score (nSPS) is 43.7. The first kappa shape index (κ1) is 13.8. The SMILES string of the molecule is CC1CN(C2CC3(CCC2O)OCCO3)C(C)CO1. The lowest BCUT2D eigenvalue weighted by Crippen LogP contribution is -2.60. The number of rotatable bonds is 1. The number of nitrogens with zero attached hydrogens (tertiary/aromatic N) is 1. The molecule has 2 heterocycles. The second-order valence-corrected chi connectivity index (χ2v) is 6.17. The molecule has 19 heavy (non-hydrogen) atoms. The van der Waals surface area contributed by atoms with Crippen molar-refractivity contribution in [3.63, 3.8) is 0 Å². The van der Waals surface area contributed by atoms with Crippen molar-refractivity contribution < 1.29 is 19.3 Å². The van der Waals surface area contributed by atoms with E-state index in [0.717, 1.165) is 32.4 Å². The Hall–Kier alpha value is -0.200. The molecule has 0 bridgehead atoms. The molecule has 1 aliphatic carbocycles. The van der Waals surface area contributed by atoms with Crippen LogP contribution < -0.4 is 0 Å². The molecule has 1 saturated carbocycles. The van der Waals surface area contributed by atoms with E-state index in [-0.39, 0.29) is 18.2 Å². The van der Waals surface area contributed by atoms with Crippen LogP contribution in [0.25, 0.3) is 0 Å². The average Bonchev–Trinajstić information content (AvgIpc) is 2.84. The van der Waals surface area contributed by atoms with E-state index in [0.29, 0.717) is 19.3 Å². The van der Waals surface area contributed by atoms with Crippen LogP contribution in [0.15, 0.2) is 0 Å². The van der Waals surface area contributed by atoms with Gasteiger partial charge in [0.05, 0.1) is 32.0 Å². The number of morpholine rings is 1. The van der Waals surface area contributed by atoms with Crippen molar-refractivity contribution >= 4 is 0 Å². The number of aliphatic hydroxyl groups is 1. The fourth-order valence-electron chi connectivity index (χ4n) is 3.61. The lowest BCUT2D eigenvalue weighted by atomic mass is 9.85. The summed E-state index contributed by atoms with van der Waals surface area (Å²) in [5.41, 5.74) is 0. The van der Waals surface area contributed by atoms with Gasteiger partial charge in [0.15, 0.2) is 5.79 Å². The zero-order valence-corrected chi connectivity index (χ0v) is 11.9. The van der Waals surface area contributed by atoms with Gasteiger partial charge in [0.1, 0.15) is 0 Å². The molecule has 3 aliphatic rings. The van der Waals surface area contributed by atoms with E-state index in [1.54, 1.807) is 0 Å². The zero-order valence-electron chi connectivity index (χ0n) is 11.9. The van der Waals surface area contributed by atoms with Gasteiger partial charge in [-0.25, -0.2) is 0 Å². The Morgan fingerprint density at radius 2 is 1.95 bits per heavy atom. The van der Waals surface area contributed by atoms with Crippen molar-refractivity contribution in [3.05, 3.63) is 0 Å². The van der Waals surface area contributed by atoms with Gasteiger partial charge in [0, 0.05) is 31.5 Å². The van der Waals surface area contributed by atoms with Crippen LogP contribution >= 0.6 is 0 Å². The number of ether oxygens (including phenoxy) is 3. The largest absolute Gasteiger partial charge is 0.391 e. The van der Waals surface area contributed by atoms with Crippen LogP contribution in [0, 0.1) is 0 Å². The standard InChI is InChI=1S/C14H25NO4/c1-10-9-17-11(2)8-15(10)12-7-14(4-3-13(12)16)18-5-6-19-14/h10-13,16H,3-9H2,1-2H3. The first-order chi connectivity index (χ1) is 9.10. The maximum absolute atomic E-state index is 10.4. The molecule has 0 amide bonds. The van der Waals surface area contributed by atoms with Crippen LogP contribution in [-0.2, 0) is 14.2 Å². The van der Waals surface area contributed by atoms with Gasteiger partial charge >= 0.3 is 0 Å². The molecule has 1 N–H and O–H groups in total. The molecule has 1 spiro atoms. The van der Waals surface area contributed by atoms with E-state index in [9.17, 15) is 5.11 Å². The van der Waals surface area contributed by atoms with Crippen molar-refractivity contribution in [1.29, 1.82) is 0 Å².